The van der Waals surface area contributed by atoms with Crippen LogP contribution in [0.25, 0.3) is 22.8 Å². The topological polar surface area (TPSA) is 398 Å². The number of benzene rings is 11. The Hall–Kier alpha value is -17.6. The highest BCUT2D eigenvalue weighted by atomic mass is 35.5. The third kappa shape index (κ3) is 27.5. The number of amides is 4. The fourth-order valence-corrected chi connectivity index (χ4v) is 13.9. The molecule has 134 heavy (non-hydrogen) atoms. The van der Waals surface area contributed by atoms with Gasteiger partial charge >= 0.3 is 0 Å². The van der Waals surface area contributed by atoms with Crippen LogP contribution in [-0.4, -0.2) is 68.7 Å². The van der Waals surface area contributed by atoms with E-state index < -0.39 is 0 Å². The van der Waals surface area contributed by atoms with Crippen molar-refractivity contribution in [2.75, 3.05) is 65.5 Å². The summed E-state index contributed by atoms with van der Waals surface area (Å²) in [4.78, 5) is 86.3. The lowest BCUT2D eigenvalue weighted by Crippen LogP contribution is -2.14. The van der Waals surface area contributed by atoms with E-state index in [1.807, 2.05) is 211 Å². The normalized spacial score (nSPS) is 10.5. The van der Waals surface area contributed by atoms with Crippen molar-refractivity contribution in [3.63, 3.8) is 0 Å². The van der Waals surface area contributed by atoms with Crippen LogP contribution in [0.4, 0.5) is 72.6 Å². The fourth-order valence-electron chi connectivity index (χ4n) is 13.7. The number of anilines is 12. The highest BCUT2D eigenvalue weighted by Crippen LogP contribution is 2.30. The van der Waals surface area contributed by atoms with Gasteiger partial charge in [-0.25, -0.2) is 44.3 Å². The van der Waals surface area contributed by atoms with Crippen LogP contribution in [0.3, 0.4) is 0 Å². The number of rotatable bonds is 28. The Labute approximate surface area is 780 Å². The molecule has 16 rings (SSSR count). The van der Waals surface area contributed by atoms with Gasteiger partial charge in [0.15, 0.2) is 0 Å². The highest BCUT2D eigenvalue weighted by molar-refractivity contribution is 6.34. The minimum atomic E-state index is -0.359. The fraction of sp³-hybridized carbons (Fsp3) is 0.0849. The van der Waals surface area contributed by atoms with E-state index in [9.17, 15) is 23.6 Å². The third-order valence-electron chi connectivity index (χ3n) is 20.6. The van der Waals surface area contributed by atoms with Crippen LogP contribution in [0, 0.1) is 40.4 Å². The van der Waals surface area contributed by atoms with Crippen LogP contribution in [0.2, 0.25) is 5.02 Å². The number of nitrogens with zero attached hydrogens (tertiary/aromatic N) is 9. The van der Waals surface area contributed by atoms with Gasteiger partial charge in [-0.2, -0.15) is 0 Å². The lowest BCUT2D eigenvalue weighted by atomic mass is 10.1. The maximum Gasteiger partial charge on any atom is 0.257 e. The third-order valence-corrected chi connectivity index (χ3v) is 20.9. The van der Waals surface area contributed by atoms with Crippen LogP contribution < -0.4 is 65.5 Å². The first kappa shape index (κ1) is 94.0. The molecule has 0 saturated heterocycles. The molecule has 0 aliphatic heterocycles. The summed E-state index contributed by atoms with van der Waals surface area (Å²) in [5.41, 5.74) is 46.8. The molecule has 0 spiro atoms. The molecule has 0 fully saturated rings. The summed E-state index contributed by atoms with van der Waals surface area (Å²) in [6.45, 7) is 25.8. The van der Waals surface area contributed by atoms with Crippen molar-refractivity contribution < 1.29 is 28.1 Å². The van der Waals surface area contributed by atoms with E-state index in [-0.39, 0.29) is 29.4 Å². The van der Waals surface area contributed by atoms with Gasteiger partial charge in [-0.3, -0.25) is 19.2 Å². The predicted octanol–water partition coefficient (Wildman–Crippen LogP) is 21.3. The maximum atomic E-state index is 13.5. The molecule has 26 nitrogen and oxygen atoms in total. The van der Waals surface area contributed by atoms with Gasteiger partial charge in [0, 0.05) is 116 Å². The monoisotopic (exact) mass is 1800 g/mol. The molecule has 28 heteroatoms. The smallest absolute Gasteiger partial charge is 0.257 e. The van der Waals surface area contributed by atoms with E-state index in [4.69, 9.17) is 39.1 Å². The average molecular weight is 1800 g/mol. The molecular weight excluding hydrogens is 1700 g/mol. The van der Waals surface area contributed by atoms with Gasteiger partial charge in [0.25, 0.3) is 23.6 Å². The number of nitrogens with two attached hydrogens (primary N) is 4. The summed E-state index contributed by atoms with van der Waals surface area (Å²) < 4.78 is 18.6. The Kier molecular flexibility index (Phi) is 31.5. The van der Waals surface area contributed by atoms with Crippen molar-refractivity contribution in [1.82, 2.24) is 45.0 Å². The van der Waals surface area contributed by atoms with Crippen LogP contribution in [0.15, 0.2) is 335 Å². The van der Waals surface area contributed by atoms with Gasteiger partial charge < -0.3 is 70.0 Å². The predicted molar refractivity (Wildman–Crippen MR) is 535 cm³/mol. The van der Waals surface area contributed by atoms with Crippen LogP contribution in [0.1, 0.15) is 137 Å². The zero-order valence-electron chi connectivity index (χ0n) is 74.2. The molecule has 5 aromatic heterocycles. The second kappa shape index (κ2) is 44.9. The van der Waals surface area contributed by atoms with E-state index >= 15 is 0 Å². The Morgan fingerprint density at radius 1 is 0.306 bits per heavy atom. The second-order valence-electron chi connectivity index (χ2n) is 31.3. The SMILES string of the molecule is C=C(Nc1ccc(C)c(C(=O)Nc2cnc(Cc3cccc(N)c3)nc2)c1)c1cccc(F)c1.C=C(Nc1ccc(C)c(C(=O)Nc2cnc(Cc3cccc(N)c3)nc2)c1)c1cnoc1C.C=C(Nc1ccc(Cl)c(C(=O)Nc2cnc(Cc3cccc(N)c3)nc2)c1)c1cccc(C)c1.C=C(Nc1cccc(C(=O)Nc2cnc(Cc3cccc(N)c3)nc2)c1)c1cccc(C)c1. The highest BCUT2D eigenvalue weighted by Gasteiger charge is 2.19. The Balaban J connectivity index is 0.000000152. The Bertz CT molecular complexity index is 6760. The molecule has 4 amide bonds. The van der Waals surface area contributed by atoms with Gasteiger partial charge in [-0.05, 0) is 213 Å². The molecule has 5 heterocycles. The quantitative estimate of drug-likeness (QED) is 0.0203. The summed E-state index contributed by atoms with van der Waals surface area (Å²) in [6, 6.07) is 75.9. The van der Waals surface area contributed by atoms with Gasteiger partial charge in [0.1, 0.15) is 34.9 Å². The standard InChI is InChI=1S/C27H24ClN5O.C27H24FN5O.C27H25N5O.C25H24N6O2/c1-17-5-3-7-20(11-17)18(2)32-22-9-10-25(28)24(14-22)27(34)33-23-15-30-26(31-16-23)13-19-6-4-8-21(29)12-19;1-17-9-10-23(32-18(2)20-6-4-7-21(28)13-20)14-25(17)27(34)33-24-15-30-26(31-16-24)12-19-5-3-8-22(29)11-19;1-18-6-3-8-21(12-18)19(2)31-24-11-5-9-22(15-24)27(33)32-25-16-29-26(30-17-25)14-20-7-4-10-23(28)13-20;1-15-7-8-20(30-16(2)23-14-29-33-17(23)3)11-22(15)25(32)31-21-12-27-24(28-13-21)10-18-5-4-6-19(26)9-18/h3-12,14-16,32H,2,13,29H2,1H3,(H,33,34);3-11,13-16,32H,2,12,29H2,1H3,(H,33,34);3-13,15-17,31H,2,14,28H2,1H3,(H,32,33);4-9,11-14,30H,2,10,26H2,1,3H3,(H,31,32). The van der Waals surface area contributed by atoms with Gasteiger partial charge in [0.05, 0.1) is 94.7 Å². The summed E-state index contributed by atoms with van der Waals surface area (Å²) in [5.74, 6) is 1.73. The second-order valence-corrected chi connectivity index (χ2v) is 31.8. The first-order chi connectivity index (χ1) is 64.6. The average Bonchev–Trinajstić information content (AvgIpc) is 1.17. The zero-order chi connectivity index (χ0) is 94.7. The lowest BCUT2D eigenvalue weighted by molar-refractivity contribution is 0.101. The van der Waals surface area contributed by atoms with Gasteiger partial charge in [-0.1, -0.05) is 169 Å². The van der Waals surface area contributed by atoms with Crippen molar-refractivity contribution in [3.05, 3.63) is 460 Å². The molecule has 0 unspecified atom stereocenters. The molecule has 670 valence electrons. The number of carbonyl (C=O) groups is 4. The van der Waals surface area contributed by atoms with Gasteiger partial charge in [0.2, 0.25) is 0 Å². The maximum absolute atomic E-state index is 13.5. The number of aryl methyl sites for hydroxylation is 5. The number of nitrogen functional groups attached to an aromatic ring is 4. The molecule has 16 N–H and O–H groups in total. The van der Waals surface area contributed by atoms with Crippen molar-refractivity contribution in [2.24, 2.45) is 0 Å². The molecule has 0 saturated carbocycles. The minimum absolute atomic E-state index is 0.244. The lowest BCUT2D eigenvalue weighted by Gasteiger charge is -2.13. The number of carbonyl (C=O) groups excluding carboxylic acids is 4. The van der Waals surface area contributed by atoms with E-state index in [2.05, 4.69) is 120 Å². The molecule has 0 atom stereocenters. The Morgan fingerprint density at radius 3 is 0.978 bits per heavy atom. The molecule has 0 bridgehead atoms. The summed E-state index contributed by atoms with van der Waals surface area (Å²) in [6.07, 6.45) is 16.5. The number of hydrogen-bond donors (Lipinski definition) is 12. The van der Waals surface area contributed by atoms with Crippen LogP contribution >= 0.6 is 11.6 Å². The summed E-state index contributed by atoms with van der Waals surface area (Å²) in [7, 11) is 0. The number of hydrogen-bond acceptors (Lipinski definition) is 22. The van der Waals surface area contributed by atoms with Gasteiger partial charge in [-0.15, -0.1) is 0 Å². The van der Waals surface area contributed by atoms with E-state index in [1.165, 1.54) is 12.1 Å². The molecule has 0 radical (unpaired) electrons. The van der Waals surface area contributed by atoms with Crippen molar-refractivity contribution in [2.45, 2.75) is 60.3 Å². The van der Waals surface area contributed by atoms with Crippen molar-refractivity contribution >= 4 is 126 Å². The van der Waals surface area contributed by atoms with Crippen molar-refractivity contribution in [3.8, 4) is 0 Å². The van der Waals surface area contributed by atoms with E-state index in [0.29, 0.717) is 156 Å². The molecular formula is C106H97ClFN21O5. The van der Waals surface area contributed by atoms with Crippen molar-refractivity contribution in [1.29, 1.82) is 0 Å². The number of halogens is 2. The minimum Gasteiger partial charge on any atom is -0.399 e. The summed E-state index contributed by atoms with van der Waals surface area (Å²) >= 11 is 6.31. The zero-order valence-corrected chi connectivity index (χ0v) is 74.9. The molecule has 0 aliphatic carbocycles. The summed E-state index contributed by atoms with van der Waals surface area (Å²) in [5, 5.41) is 28.3. The molecule has 11 aromatic carbocycles. The van der Waals surface area contributed by atoms with E-state index in [1.54, 1.807) is 110 Å². The first-order valence-electron chi connectivity index (χ1n) is 42.2. The molecule has 16 aromatic rings. The first-order valence-corrected chi connectivity index (χ1v) is 42.6. The molecule has 0 aliphatic rings. The van der Waals surface area contributed by atoms with Crippen LogP contribution in [0.5, 0.6) is 0 Å². The largest absolute Gasteiger partial charge is 0.399 e. The van der Waals surface area contributed by atoms with E-state index in [0.717, 1.165) is 84.0 Å². The number of aromatic nitrogens is 9. The van der Waals surface area contributed by atoms with Crippen LogP contribution in [-0.2, 0) is 25.7 Å². The number of nitrogens with one attached hydrogen (secondary N) is 8. The Morgan fingerprint density at radius 2 is 0.619 bits per heavy atom.